The van der Waals surface area contributed by atoms with E-state index in [1.54, 1.807) is 0 Å². The second-order valence-corrected chi connectivity index (χ2v) is 9.01. The molecule has 2 aliphatic carbocycles. The molecule has 1 heterocycles. The van der Waals surface area contributed by atoms with Crippen LogP contribution in [0.3, 0.4) is 0 Å². The van der Waals surface area contributed by atoms with Crippen molar-refractivity contribution in [2.45, 2.75) is 76.0 Å². The van der Waals surface area contributed by atoms with Gasteiger partial charge in [0.1, 0.15) is 6.10 Å². The van der Waals surface area contributed by atoms with E-state index in [9.17, 15) is 9.59 Å². The van der Waals surface area contributed by atoms with Crippen molar-refractivity contribution in [2.75, 3.05) is 20.1 Å². The van der Waals surface area contributed by atoms with Gasteiger partial charge in [-0.15, -0.1) is 0 Å². The maximum Gasteiger partial charge on any atom is 0.223 e. The summed E-state index contributed by atoms with van der Waals surface area (Å²) in [4.78, 5) is 29.4. The predicted octanol–water partition coefficient (Wildman–Crippen LogP) is 3.94. The number of amides is 2. The molecule has 1 saturated heterocycles. The zero-order valence-corrected chi connectivity index (χ0v) is 17.6. The molecule has 5 heteroatoms. The topological polar surface area (TPSA) is 49.9 Å². The third-order valence-electron chi connectivity index (χ3n) is 6.87. The lowest BCUT2D eigenvalue weighted by Gasteiger charge is -2.39. The van der Waals surface area contributed by atoms with Crippen molar-refractivity contribution in [3.05, 3.63) is 35.9 Å². The number of hydrogen-bond donors (Lipinski definition) is 0. The molecule has 5 nitrogen and oxygen atoms in total. The highest BCUT2D eigenvalue weighted by Crippen LogP contribution is 2.39. The first-order valence-corrected chi connectivity index (χ1v) is 11.4. The fourth-order valence-electron chi connectivity index (χ4n) is 4.79. The molecule has 0 unspecified atom stereocenters. The number of ether oxygens (including phenoxy) is 1. The minimum Gasteiger partial charge on any atom is -0.366 e. The summed E-state index contributed by atoms with van der Waals surface area (Å²) in [6, 6.07) is 10.5. The second-order valence-electron chi connectivity index (χ2n) is 9.01. The number of benzene rings is 1. The lowest BCUT2D eigenvalue weighted by atomic mass is 9.94. The number of morpholine rings is 1. The molecular weight excluding hydrogens is 364 g/mol. The molecule has 0 radical (unpaired) electrons. The Labute approximate surface area is 174 Å². The van der Waals surface area contributed by atoms with Gasteiger partial charge in [-0.1, -0.05) is 49.6 Å². The van der Waals surface area contributed by atoms with E-state index >= 15 is 0 Å². The summed E-state index contributed by atoms with van der Waals surface area (Å²) in [7, 11) is 1.91. The molecule has 0 N–H and O–H groups in total. The average molecular weight is 399 g/mol. The highest BCUT2D eigenvalue weighted by molar-refractivity contribution is 5.84. The largest absolute Gasteiger partial charge is 0.366 e. The first kappa shape index (κ1) is 20.4. The van der Waals surface area contributed by atoms with E-state index in [1.807, 2.05) is 35.0 Å². The molecule has 158 valence electrons. The van der Waals surface area contributed by atoms with E-state index < -0.39 is 0 Å². The summed E-state index contributed by atoms with van der Waals surface area (Å²) in [6.45, 7) is 1.25. The number of nitrogens with zero attached hydrogens (tertiary/aromatic N) is 2. The zero-order chi connectivity index (χ0) is 20.2. The van der Waals surface area contributed by atoms with Gasteiger partial charge in [0.05, 0.1) is 12.6 Å². The average Bonchev–Trinajstić information content (AvgIpc) is 3.63. The summed E-state index contributed by atoms with van der Waals surface area (Å²) in [5, 5.41) is 0. The van der Waals surface area contributed by atoms with Gasteiger partial charge in [-0.25, -0.2) is 0 Å². The Morgan fingerprint density at radius 1 is 1.00 bits per heavy atom. The van der Waals surface area contributed by atoms with Gasteiger partial charge >= 0.3 is 0 Å². The summed E-state index contributed by atoms with van der Waals surface area (Å²) in [5.74, 6) is 0.776. The summed E-state index contributed by atoms with van der Waals surface area (Å²) >= 11 is 0. The molecule has 29 heavy (non-hydrogen) atoms. The lowest BCUT2D eigenvalue weighted by Crippen LogP contribution is -2.48. The molecule has 0 bridgehead atoms. The van der Waals surface area contributed by atoms with Gasteiger partial charge in [0, 0.05) is 32.5 Å². The molecule has 1 aromatic rings. The molecule has 4 rings (SSSR count). The van der Waals surface area contributed by atoms with Crippen molar-refractivity contribution in [3.63, 3.8) is 0 Å². The van der Waals surface area contributed by atoms with Crippen LogP contribution in [0, 0.1) is 5.92 Å². The molecule has 2 amide bonds. The van der Waals surface area contributed by atoms with Crippen LogP contribution in [-0.4, -0.2) is 53.9 Å². The minimum atomic E-state index is -0.0693. The fraction of sp³-hybridized carbons (Fsp3) is 0.667. The fourth-order valence-corrected chi connectivity index (χ4v) is 4.79. The Balaban J connectivity index is 1.33. The molecule has 3 fully saturated rings. The highest BCUT2D eigenvalue weighted by atomic mass is 16.5. The third kappa shape index (κ3) is 5.19. The van der Waals surface area contributed by atoms with Crippen LogP contribution in [0.5, 0.6) is 0 Å². The van der Waals surface area contributed by atoms with Gasteiger partial charge in [0.2, 0.25) is 11.8 Å². The molecule has 2 saturated carbocycles. The van der Waals surface area contributed by atoms with Gasteiger partial charge in [-0.3, -0.25) is 9.59 Å². The van der Waals surface area contributed by atoms with E-state index in [4.69, 9.17) is 4.74 Å². The van der Waals surface area contributed by atoms with Crippen molar-refractivity contribution >= 4 is 11.8 Å². The maximum atomic E-state index is 13.0. The number of rotatable bonds is 6. The molecular formula is C24H34N2O3. The van der Waals surface area contributed by atoms with Crippen LogP contribution in [0.1, 0.15) is 69.5 Å². The van der Waals surface area contributed by atoms with E-state index in [0.717, 1.165) is 18.4 Å². The zero-order valence-electron chi connectivity index (χ0n) is 17.6. The molecule has 0 aromatic heterocycles. The van der Waals surface area contributed by atoms with Crippen LogP contribution in [0.2, 0.25) is 0 Å². The first-order chi connectivity index (χ1) is 14.1. The second kappa shape index (κ2) is 9.29. The Kier molecular flexibility index (Phi) is 6.53. The molecule has 3 aliphatic rings. The summed E-state index contributed by atoms with van der Waals surface area (Å²) < 4.78 is 6.35. The maximum absolute atomic E-state index is 13.0. The van der Waals surface area contributed by atoms with Gasteiger partial charge in [-0.2, -0.15) is 0 Å². The van der Waals surface area contributed by atoms with Crippen LogP contribution in [0.25, 0.3) is 0 Å². The lowest BCUT2D eigenvalue weighted by molar-refractivity contribution is -0.149. The molecule has 2 atom stereocenters. The molecule has 1 aliphatic heterocycles. The van der Waals surface area contributed by atoms with Crippen LogP contribution in [-0.2, 0) is 14.3 Å². The van der Waals surface area contributed by atoms with E-state index in [-0.39, 0.29) is 24.0 Å². The van der Waals surface area contributed by atoms with Gasteiger partial charge in [0.15, 0.2) is 0 Å². The number of carbonyl (C=O) groups excluding carboxylic acids is 2. The predicted molar refractivity (Wildman–Crippen MR) is 112 cm³/mol. The first-order valence-electron chi connectivity index (χ1n) is 11.4. The van der Waals surface area contributed by atoms with Crippen molar-refractivity contribution in [1.82, 2.24) is 9.80 Å². The van der Waals surface area contributed by atoms with Crippen LogP contribution >= 0.6 is 0 Å². The van der Waals surface area contributed by atoms with Crippen molar-refractivity contribution < 1.29 is 14.3 Å². The Hall–Kier alpha value is -1.88. The quantitative estimate of drug-likeness (QED) is 0.729. The standard InChI is InChI=1S/C24H34N2O3/c1-25(20-10-6-3-7-11-20)23(27)14-15-24(28)26-16-21(18-8-4-2-5-9-18)29-22(17-26)19-12-13-19/h2,4-5,8-9,19-22H,3,6-7,10-17H2,1H3/t21-,22+/m0/s1. The van der Waals surface area contributed by atoms with E-state index in [0.29, 0.717) is 37.9 Å². The monoisotopic (exact) mass is 398 g/mol. The van der Waals surface area contributed by atoms with Crippen LogP contribution < -0.4 is 0 Å². The van der Waals surface area contributed by atoms with Gasteiger partial charge in [0.25, 0.3) is 0 Å². The summed E-state index contributed by atoms with van der Waals surface area (Å²) in [5.41, 5.74) is 1.13. The highest BCUT2D eigenvalue weighted by Gasteiger charge is 2.40. The van der Waals surface area contributed by atoms with E-state index in [2.05, 4.69) is 12.1 Å². The normalized spacial score (nSPS) is 25.6. The summed E-state index contributed by atoms with van der Waals surface area (Å²) in [6.07, 6.45) is 8.94. The van der Waals surface area contributed by atoms with E-state index in [1.165, 1.54) is 32.1 Å². The Bertz CT molecular complexity index is 697. The minimum absolute atomic E-state index is 0.0693. The van der Waals surface area contributed by atoms with Crippen LogP contribution in [0.4, 0.5) is 0 Å². The van der Waals surface area contributed by atoms with Crippen LogP contribution in [0.15, 0.2) is 30.3 Å². The van der Waals surface area contributed by atoms with Crippen molar-refractivity contribution in [1.29, 1.82) is 0 Å². The number of hydrogen-bond acceptors (Lipinski definition) is 3. The third-order valence-corrected chi connectivity index (χ3v) is 6.87. The van der Waals surface area contributed by atoms with Gasteiger partial charge < -0.3 is 14.5 Å². The molecule has 0 spiro atoms. The Morgan fingerprint density at radius 2 is 1.72 bits per heavy atom. The SMILES string of the molecule is CN(C(=O)CCC(=O)N1C[C@@H](c2ccccc2)O[C@@H](C2CC2)C1)C1CCCCC1. The van der Waals surface area contributed by atoms with Crippen molar-refractivity contribution in [3.8, 4) is 0 Å². The number of carbonyl (C=O) groups is 2. The van der Waals surface area contributed by atoms with Crippen molar-refractivity contribution in [2.24, 2.45) is 5.92 Å². The van der Waals surface area contributed by atoms with Gasteiger partial charge in [-0.05, 0) is 37.2 Å². The molecule has 1 aromatic carbocycles. The Morgan fingerprint density at radius 3 is 2.41 bits per heavy atom. The smallest absolute Gasteiger partial charge is 0.223 e.